The molecular formula is C14H19FO6. The van der Waals surface area contributed by atoms with Crippen LogP contribution in [-0.4, -0.2) is 55.3 Å². The molecule has 1 aromatic carbocycles. The highest BCUT2D eigenvalue weighted by Gasteiger charge is 2.18. The Bertz CT molecular complexity index is 465. The summed E-state index contributed by atoms with van der Waals surface area (Å²) in [5.74, 6) is -2.45. The monoisotopic (exact) mass is 302 g/mol. The lowest BCUT2D eigenvalue weighted by Crippen LogP contribution is -2.27. The average molecular weight is 302 g/mol. The number of halogens is 1. The third-order valence-corrected chi connectivity index (χ3v) is 2.59. The fourth-order valence-corrected chi connectivity index (χ4v) is 1.62. The number of benzene rings is 1. The van der Waals surface area contributed by atoms with Gasteiger partial charge in [0.05, 0.1) is 19.3 Å². The van der Waals surface area contributed by atoms with Gasteiger partial charge in [0, 0.05) is 7.11 Å². The maximum absolute atomic E-state index is 13.4. The van der Waals surface area contributed by atoms with Gasteiger partial charge >= 0.3 is 5.97 Å². The third kappa shape index (κ3) is 5.66. The second-order valence-electron chi connectivity index (χ2n) is 4.48. The molecule has 0 radical (unpaired) electrons. The van der Waals surface area contributed by atoms with Gasteiger partial charge in [-0.2, -0.15) is 0 Å². The summed E-state index contributed by atoms with van der Waals surface area (Å²) in [6.07, 6.45) is -1.15. The normalized spacial score (nSPS) is 13.7. The predicted octanol–water partition coefficient (Wildman–Crippen LogP) is 1.32. The van der Waals surface area contributed by atoms with E-state index in [1.54, 1.807) is 6.92 Å². The quantitative estimate of drug-likeness (QED) is 0.715. The number of aliphatic hydroxyl groups excluding tert-OH is 1. The molecule has 118 valence electrons. The molecule has 0 aromatic heterocycles. The van der Waals surface area contributed by atoms with Gasteiger partial charge in [0.1, 0.15) is 29.8 Å². The minimum Gasteiger partial charge on any atom is -0.490 e. The smallest absolute Gasteiger partial charge is 0.342 e. The summed E-state index contributed by atoms with van der Waals surface area (Å²) in [4.78, 5) is 11.0. The van der Waals surface area contributed by atoms with Gasteiger partial charge in [-0.3, -0.25) is 0 Å². The number of carboxylic acids is 1. The van der Waals surface area contributed by atoms with E-state index in [-0.39, 0.29) is 25.1 Å². The predicted molar refractivity (Wildman–Crippen MR) is 72.2 cm³/mol. The minimum absolute atomic E-state index is 0.00223. The molecule has 7 heteroatoms. The van der Waals surface area contributed by atoms with Gasteiger partial charge in [0.2, 0.25) is 0 Å². The molecule has 1 aromatic rings. The highest BCUT2D eigenvalue weighted by molar-refractivity contribution is 5.91. The van der Waals surface area contributed by atoms with Crippen LogP contribution in [0.4, 0.5) is 4.39 Å². The molecule has 1 rings (SSSR count). The summed E-state index contributed by atoms with van der Waals surface area (Å²) < 4.78 is 28.7. The minimum atomic E-state index is -1.43. The molecule has 2 N–H and O–H groups in total. The van der Waals surface area contributed by atoms with Crippen LogP contribution in [0.5, 0.6) is 5.75 Å². The van der Waals surface area contributed by atoms with Crippen LogP contribution in [0, 0.1) is 5.82 Å². The highest BCUT2D eigenvalue weighted by atomic mass is 19.1. The van der Waals surface area contributed by atoms with Crippen LogP contribution >= 0.6 is 0 Å². The van der Waals surface area contributed by atoms with Gasteiger partial charge in [0.15, 0.2) is 0 Å². The first-order valence-corrected chi connectivity index (χ1v) is 6.39. The zero-order valence-electron chi connectivity index (χ0n) is 11.9. The SMILES string of the molecule is COCC(C)OCC(O)COc1cccc(F)c1C(=O)O. The molecule has 0 aliphatic carbocycles. The molecule has 0 saturated carbocycles. The summed E-state index contributed by atoms with van der Waals surface area (Å²) in [5.41, 5.74) is -0.557. The topological polar surface area (TPSA) is 85.2 Å². The van der Waals surface area contributed by atoms with E-state index in [0.717, 1.165) is 6.07 Å². The first-order valence-electron chi connectivity index (χ1n) is 6.39. The van der Waals surface area contributed by atoms with Gasteiger partial charge in [-0.25, -0.2) is 9.18 Å². The molecule has 2 atom stereocenters. The Kier molecular flexibility index (Phi) is 7.07. The van der Waals surface area contributed by atoms with E-state index in [4.69, 9.17) is 19.3 Å². The number of carbonyl (C=O) groups is 1. The number of aliphatic hydroxyl groups is 1. The van der Waals surface area contributed by atoms with Crippen molar-refractivity contribution in [1.29, 1.82) is 0 Å². The van der Waals surface area contributed by atoms with Gasteiger partial charge in [-0.15, -0.1) is 0 Å². The van der Waals surface area contributed by atoms with Crippen LogP contribution in [0.15, 0.2) is 18.2 Å². The number of carboxylic acid groups (broad SMARTS) is 1. The highest BCUT2D eigenvalue weighted by Crippen LogP contribution is 2.21. The fourth-order valence-electron chi connectivity index (χ4n) is 1.62. The molecule has 6 nitrogen and oxygen atoms in total. The summed E-state index contributed by atoms with van der Waals surface area (Å²) in [5, 5.41) is 18.6. The number of methoxy groups -OCH3 is 1. The number of ether oxygens (including phenoxy) is 3. The third-order valence-electron chi connectivity index (χ3n) is 2.59. The Morgan fingerprint density at radius 1 is 1.33 bits per heavy atom. The second-order valence-corrected chi connectivity index (χ2v) is 4.48. The number of aromatic carboxylic acids is 1. The molecule has 0 saturated heterocycles. The molecule has 21 heavy (non-hydrogen) atoms. The van der Waals surface area contributed by atoms with Crippen molar-refractivity contribution in [3.05, 3.63) is 29.6 Å². The molecule has 0 amide bonds. The first-order chi connectivity index (χ1) is 9.95. The molecule has 0 fully saturated rings. The maximum Gasteiger partial charge on any atom is 0.342 e. The first kappa shape index (κ1) is 17.4. The molecular weight excluding hydrogens is 283 g/mol. The summed E-state index contributed by atoms with van der Waals surface area (Å²) >= 11 is 0. The summed E-state index contributed by atoms with van der Waals surface area (Å²) in [6.45, 7) is 1.97. The van der Waals surface area contributed by atoms with Crippen molar-refractivity contribution in [3.63, 3.8) is 0 Å². The van der Waals surface area contributed by atoms with E-state index in [2.05, 4.69) is 0 Å². The van der Waals surface area contributed by atoms with Crippen molar-refractivity contribution in [2.24, 2.45) is 0 Å². The van der Waals surface area contributed by atoms with Crippen molar-refractivity contribution in [3.8, 4) is 5.75 Å². The van der Waals surface area contributed by atoms with E-state index in [9.17, 15) is 14.3 Å². The Balaban J connectivity index is 2.52. The van der Waals surface area contributed by atoms with Crippen LogP contribution < -0.4 is 4.74 Å². The maximum atomic E-state index is 13.4. The standard InChI is InChI=1S/C14H19FO6/c1-9(6-19-2)20-7-10(16)8-21-12-5-3-4-11(15)13(12)14(17)18/h3-5,9-10,16H,6-8H2,1-2H3,(H,17,18). The Morgan fingerprint density at radius 3 is 2.67 bits per heavy atom. The number of hydrogen-bond donors (Lipinski definition) is 2. The zero-order valence-corrected chi connectivity index (χ0v) is 11.9. The fraction of sp³-hybridized carbons (Fsp3) is 0.500. The van der Waals surface area contributed by atoms with E-state index < -0.39 is 23.5 Å². The molecule has 0 spiro atoms. The van der Waals surface area contributed by atoms with Crippen LogP contribution in [0.1, 0.15) is 17.3 Å². The molecule has 0 aliphatic rings. The Hall–Kier alpha value is -1.70. The lowest BCUT2D eigenvalue weighted by atomic mass is 10.2. The lowest BCUT2D eigenvalue weighted by Gasteiger charge is -2.17. The molecule has 0 heterocycles. The van der Waals surface area contributed by atoms with Crippen LogP contribution in [-0.2, 0) is 9.47 Å². The van der Waals surface area contributed by atoms with Crippen molar-refractivity contribution in [2.75, 3.05) is 26.9 Å². The van der Waals surface area contributed by atoms with Crippen LogP contribution in [0.2, 0.25) is 0 Å². The van der Waals surface area contributed by atoms with Crippen molar-refractivity contribution in [1.82, 2.24) is 0 Å². The zero-order chi connectivity index (χ0) is 15.8. The Morgan fingerprint density at radius 2 is 2.05 bits per heavy atom. The lowest BCUT2D eigenvalue weighted by molar-refractivity contribution is -0.0423. The van der Waals surface area contributed by atoms with Gasteiger partial charge in [-0.1, -0.05) is 6.07 Å². The van der Waals surface area contributed by atoms with Gasteiger partial charge in [0.25, 0.3) is 0 Å². The molecule has 0 aliphatic heterocycles. The van der Waals surface area contributed by atoms with Crippen molar-refractivity contribution < 1.29 is 33.6 Å². The van der Waals surface area contributed by atoms with E-state index in [1.165, 1.54) is 19.2 Å². The van der Waals surface area contributed by atoms with Crippen molar-refractivity contribution in [2.45, 2.75) is 19.1 Å². The van der Waals surface area contributed by atoms with Gasteiger partial charge < -0.3 is 24.4 Å². The molecule has 2 unspecified atom stereocenters. The summed E-state index contributed by atoms with van der Waals surface area (Å²) in [6, 6.07) is 3.69. The largest absolute Gasteiger partial charge is 0.490 e. The number of rotatable bonds is 9. The molecule has 0 bridgehead atoms. The number of hydrogen-bond acceptors (Lipinski definition) is 5. The average Bonchev–Trinajstić information content (AvgIpc) is 2.42. The second kappa shape index (κ2) is 8.56. The van der Waals surface area contributed by atoms with Crippen LogP contribution in [0.3, 0.4) is 0 Å². The van der Waals surface area contributed by atoms with Crippen molar-refractivity contribution >= 4 is 5.97 Å². The van der Waals surface area contributed by atoms with Gasteiger partial charge in [-0.05, 0) is 19.1 Å². The Labute approximate surface area is 122 Å². The van der Waals surface area contributed by atoms with E-state index >= 15 is 0 Å². The summed E-state index contributed by atoms with van der Waals surface area (Å²) in [7, 11) is 1.54. The van der Waals surface area contributed by atoms with Crippen LogP contribution in [0.25, 0.3) is 0 Å². The van der Waals surface area contributed by atoms with E-state index in [1.807, 2.05) is 0 Å². The van der Waals surface area contributed by atoms with E-state index in [0.29, 0.717) is 6.61 Å².